The molecule has 1 aliphatic heterocycles. The van der Waals surface area contributed by atoms with Crippen LogP contribution in [0.4, 0.5) is 0 Å². The molecule has 1 saturated heterocycles. The molecule has 88 valence electrons. The molecule has 0 amide bonds. The van der Waals surface area contributed by atoms with E-state index in [1.165, 1.54) is 12.4 Å². The predicted octanol–water partition coefficient (Wildman–Crippen LogP) is -0.166. The number of likely N-dealkylation sites (tertiary alicyclic amines) is 1. The van der Waals surface area contributed by atoms with Gasteiger partial charge in [-0.3, -0.25) is 5.41 Å². The van der Waals surface area contributed by atoms with Gasteiger partial charge in [-0.25, -0.2) is 0 Å². The third-order valence-electron chi connectivity index (χ3n) is 2.81. The summed E-state index contributed by atoms with van der Waals surface area (Å²) in [4.78, 5) is 1.64. The van der Waals surface area contributed by atoms with Crippen molar-refractivity contribution < 1.29 is 9.05 Å². The Bertz CT molecular complexity index is 468. The highest BCUT2D eigenvalue weighted by molar-refractivity contribution is 5.76. The van der Waals surface area contributed by atoms with E-state index in [0.29, 0.717) is 17.9 Å². The third-order valence-corrected chi connectivity index (χ3v) is 2.81. The molecule has 0 bridgehead atoms. The van der Waals surface area contributed by atoms with Crippen molar-refractivity contribution in [3.05, 3.63) is 23.9 Å². The molecular weight excluding hydrogens is 226 g/mol. The van der Waals surface area contributed by atoms with Crippen LogP contribution in [0.2, 0.25) is 0 Å². The summed E-state index contributed by atoms with van der Waals surface area (Å²) < 4.78 is 9.93. The first-order chi connectivity index (χ1) is 8.27. The van der Waals surface area contributed by atoms with Gasteiger partial charge in [0.05, 0.1) is 24.5 Å². The molecule has 2 unspecified atom stereocenters. The standard InChI is InChI=1S/C8H9N7O2/c9-8(10)15-4(6-2-11-13-16-6)1-5(15)7-3-12-14-17-7/h2-5H,1H2,(H3,9,10). The minimum atomic E-state index is -0.141. The lowest BCUT2D eigenvalue weighted by Crippen LogP contribution is -2.50. The molecule has 0 spiro atoms. The molecule has 0 saturated carbocycles. The van der Waals surface area contributed by atoms with Crippen molar-refractivity contribution >= 4 is 5.96 Å². The fourth-order valence-corrected chi connectivity index (χ4v) is 2.00. The molecular formula is C8H9N7O2. The fraction of sp³-hybridized carbons (Fsp3) is 0.375. The van der Waals surface area contributed by atoms with Crippen molar-refractivity contribution in [1.82, 2.24) is 25.6 Å². The maximum atomic E-state index is 7.56. The molecule has 9 nitrogen and oxygen atoms in total. The number of nitrogens with zero attached hydrogens (tertiary/aromatic N) is 5. The highest BCUT2D eigenvalue weighted by Crippen LogP contribution is 2.46. The van der Waals surface area contributed by atoms with Crippen LogP contribution in [0.1, 0.15) is 30.0 Å². The molecule has 17 heavy (non-hydrogen) atoms. The molecule has 0 aliphatic carbocycles. The van der Waals surface area contributed by atoms with Crippen LogP contribution in [0.5, 0.6) is 0 Å². The van der Waals surface area contributed by atoms with Crippen molar-refractivity contribution in [2.24, 2.45) is 5.73 Å². The van der Waals surface area contributed by atoms with Crippen LogP contribution in [0.3, 0.4) is 0 Å². The Labute approximate surface area is 95.0 Å². The smallest absolute Gasteiger partial charge is 0.189 e. The van der Waals surface area contributed by atoms with Crippen molar-refractivity contribution in [1.29, 1.82) is 5.41 Å². The fourth-order valence-electron chi connectivity index (χ4n) is 2.00. The van der Waals surface area contributed by atoms with E-state index in [0.717, 1.165) is 0 Å². The quantitative estimate of drug-likeness (QED) is 0.542. The van der Waals surface area contributed by atoms with Gasteiger partial charge >= 0.3 is 0 Å². The Kier molecular flexibility index (Phi) is 2.03. The normalized spacial score (nSPS) is 23.4. The lowest BCUT2D eigenvalue weighted by atomic mass is 9.90. The number of nitrogens with one attached hydrogen (secondary N) is 1. The molecule has 1 aliphatic rings. The number of guanidine groups is 1. The van der Waals surface area contributed by atoms with Gasteiger partial charge in [0.2, 0.25) is 0 Å². The zero-order valence-electron chi connectivity index (χ0n) is 8.65. The number of hydrogen-bond donors (Lipinski definition) is 2. The van der Waals surface area contributed by atoms with Crippen LogP contribution >= 0.6 is 0 Å². The molecule has 0 radical (unpaired) electrons. The topological polar surface area (TPSA) is 131 Å². The Balaban J connectivity index is 1.85. The molecule has 1 fully saturated rings. The average molecular weight is 235 g/mol. The number of rotatable bonds is 2. The van der Waals surface area contributed by atoms with E-state index in [1.807, 2.05) is 0 Å². The highest BCUT2D eigenvalue weighted by Gasteiger charge is 2.45. The zero-order chi connectivity index (χ0) is 11.8. The highest BCUT2D eigenvalue weighted by atomic mass is 16.5. The Morgan fingerprint density at radius 1 is 1.24 bits per heavy atom. The van der Waals surface area contributed by atoms with E-state index in [9.17, 15) is 0 Å². The number of nitrogens with two attached hydrogens (primary N) is 1. The van der Waals surface area contributed by atoms with Crippen LogP contribution in [0.25, 0.3) is 0 Å². The van der Waals surface area contributed by atoms with Gasteiger partial charge in [0.15, 0.2) is 17.5 Å². The maximum Gasteiger partial charge on any atom is 0.189 e. The lowest BCUT2D eigenvalue weighted by Gasteiger charge is -2.45. The summed E-state index contributed by atoms with van der Waals surface area (Å²) in [7, 11) is 0. The van der Waals surface area contributed by atoms with Gasteiger partial charge in [-0.05, 0) is 0 Å². The number of hydrogen-bond acceptors (Lipinski definition) is 7. The summed E-state index contributed by atoms with van der Waals surface area (Å²) in [6.45, 7) is 0. The maximum absolute atomic E-state index is 7.56. The minimum Gasteiger partial charge on any atom is -0.370 e. The second kappa shape index (κ2) is 3.54. The van der Waals surface area contributed by atoms with Crippen LogP contribution < -0.4 is 5.73 Å². The first-order valence-electron chi connectivity index (χ1n) is 4.94. The van der Waals surface area contributed by atoms with E-state index in [-0.39, 0.29) is 18.0 Å². The second-order valence-electron chi connectivity index (χ2n) is 3.70. The molecule has 9 heteroatoms. The van der Waals surface area contributed by atoms with Gasteiger partial charge in [-0.15, -0.1) is 10.2 Å². The van der Waals surface area contributed by atoms with Crippen LogP contribution in [0.15, 0.2) is 21.4 Å². The van der Waals surface area contributed by atoms with E-state index >= 15 is 0 Å². The molecule has 3 heterocycles. The van der Waals surface area contributed by atoms with Gasteiger partial charge in [0, 0.05) is 17.0 Å². The average Bonchev–Trinajstić information content (AvgIpc) is 2.86. The monoisotopic (exact) mass is 235 g/mol. The summed E-state index contributed by atoms with van der Waals surface area (Å²) in [5.74, 6) is 1.08. The molecule has 0 aromatic carbocycles. The number of aromatic nitrogens is 4. The van der Waals surface area contributed by atoms with Crippen molar-refractivity contribution in [2.45, 2.75) is 18.5 Å². The van der Waals surface area contributed by atoms with Gasteiger partial charge in [-0.1, -0.05) is 0 Å². The van der Waals surface area contributed by atoms with Gasteiger partial charge < -0.3 is 19.7 Å². The SMILES string of the molecule is N=C(N)N1C(c2cnno2)CC1c1cnno1. The molecule has 3 N–H and O–H groups in total. The van der Waals surface area contributed by atoms with Crippen molar-refractivity contribution in [3.8, 4) is 0 Å². The van der Waals surface area contributed by atoms with E-state index in [1.54, 1.807) is 4.90 Å². The second-order valence-corrected chi connectivity index (χ2v) is 3.70. The van der Waals surface area contributed by atoms with Crippen molar-refractivity contribution in [3.63, 3.8) is 0 Å². The van der Waals surface area contributed by atoms with Crippen molar-refractivity contribution in [2.75, 3.05) is 0 Å². The van der Waals surface area contributed by atoms with E-state index in [2.05, 4.69) is 20.7 Å². The Hall–Kier alpha value is -2.45. The van der Waals surface area contributed by atoms with E-state index in [4.69, 9.17) is 20.2 Å². The van der Waals surface area contributed by atoms with Crippen LogP contribution in [-0.4, -0.2) is 31.6 Å². The molecule has 2 aromatic rings. The van der Waals surface area contributed by atoms with Crippen LogP contribution in [-0.2, 0) is 0 Å². The molecule has 2 atom stereocenters. The van der Waals surface area contributed by atoms with E-state index < -0.39 is 0 Å². The Morgan fingerprint density at radius 2 is 1.76 bits per heavy atom. The zero-order valence-corrected chi connectivity index (χ0v) is 8.65. The largest absolute Gasteiger partial charge is 0.370 e. The minimum absolute atomic E-state index is 0.0703. The van der Waals surface area contributed by atoms with Gasteiger partial charge in [0.25, 0.3) is 0 Å². The summed E-state index contributed by atoms with van der Waals surface area (Å²) in [5, 5.41) is 21.6. The first-order valence-corrected chi connectivity index (χ1v) is 4.94. The summed E-state index contributed by atoms with van der Waals surface area (Å²) in [6.07, 6.45) is 3.71. The lowest BCUT2D eigenvalue weighted by molar-refractivity contribution is 0.0498. The first kappa shape index (κ1) is 9.75. The third kappa shape index (κ3) is 1.43. The predicted molar refractivity (Wildman–Crippen MR) is 52.4 cm³/mol. The van der Waals surface area contributed by atoms with Crippen LogP contribution in [0, 0.1) is 5.41 Å². The Morgan fingerprint density at radius 3 is 2.12 bits per heavy atom. The summed E-state index contributed by atoms with van der Waals surface area (Å²) >= 11 is 0. The summed E-state index contributed by atoms with van der Waals surface area (Å²) in [6, 6.07) is -0.282. The molecule has 3 rings (SSSR count). The van der Waals surface area contributed by atoms with Gasteiger partial charge in [0.1, 0.15) is 0 Å². The van der Waals surface area contributed by atoms with Gasteiger partial charge in [-0.2, -0.15) is 0 Å². The molecule has 2 aromatic heterocycles. The summed E-state index contributed by atoms with van der Waals surface area (Å²) in [5.41, 5.74) is 5.53.